The molecule has 0 bridgehead atoms. The molecule has 104 valence electrons. The number of aryl methyl sites for hydroxylation is 1. The zero-order chi connectivity index (χ0) is 14.7. The second kappa shape index (κ2) is 6.04. The van der Waals surface area contributed by atoms with Gasteiger partial charge in [0.05, 0.1) is 0 Å². The molecule has 1 amide bonds. The van der Waals surface area contributed by atoms with Crippen LogP contribution >= 0.6 is 15.9 Å². The molecule has 0 saturated heterocycles. The summed E-state index contributed by atoms with van der Waals surface area (Å²) in [5, 5.41) is 2.59. The number of amides is 1. The first-order valence-corrected chi connectivity index (χ1v) is 6.45. The Bertz CT molecular complexity index is 649. The highest BCUT2D eigenvalue weighted by molar-refractivity contribution is 9.10. The van der Waals surface area contributed by atoms with E-state index in [9.17, 15) is 13.6 Å². The third kappa shape index (κ3) is 3.57. The molecule has 0 aliphatic rings. The van der Waals surface area contributed by atoms with Crippen molar-refractivity contribution < 1.29 is 13.6 Å². The van der Waals surface area contributed by atoms with Gasteiger partial charge in [-0.2, -0.15) is 0 Å². The van der Waals surface area contributed by atoms with Gasteiger partial charge in [0.1, 0.15) is 17.2 Å². The maximum atomic E-state index is 12.6. The van der Waals surface area contributed by atoms with Crippen LogP contribution in [0.15, 0.2) is 34.8 Å². The van der Waals surface area contributed by atoms with Gasteiger partial charge in [-0.1, -0.05) is 22.0 Å². The number of nitrogens with one attached hydrogen (secondary N) is 1. The van der Waals surface area contributed by atoms with E-state index in [0.717, 1.165) is 10.5 Å². The van der Waals surface area contributed by atoms with Crippen LogP contribution in [0.1, 0.15) is 28.4 Å². The predicted octanol–water partition coefficient (Wildman–Crippen LogP) is 3.74. The number of anilines is 1. The third-order valence-electron chi connectivity index (χ3n) is 2.40. The summed E-state index contributed by atoms with van der Waals surface area (Å²) in [7, 11) is 0. The van der Waals surface area contributed by atoms with E-state index in [0.29, 0.717) is 5.69 Å². The summed E-state index contributed by atoms with van der Waals surface area (Å²) in [6, 6.07) is 7.92. The summed E-state index contributed by atoms with van der Waals surface area (Å²) in [5.41, 5.74) is -0.0103. The van der Waals surface area contributed by atoms with E-state index >= 15 is 0 Å². The number of alkyl halides is 2. The van der Waals surface area contributed by atoms with E-state index in [-0.39, 0.29) is 11.5 Å². The van der Waals surface area contributed by atoms with Crippen LogP contribution in [0.4, 0.5) is 14.5 Å². The lowest BCUT2D eigenvalue weighted by Gasteiger charge is -2.07. The molecular weight excluding hydrogens is 332 g/mol. The van der Waals surface area contributed by atoms with Gasteiger partial charge in [-0.05, 0) is 31.2 Å². The number of carbonyl (C=O) groups is 1. The van der Waals surface area contributed by atoms with Gasteiger partial charge in [0.15, 0.2) is 0 Å². The molecule has 0 radical (unpaired) electrons. The highest BCUT2D eigenvalue weighted by Gasteiger charge is 2.15. The molecule has 0 aliphatic heterocycles. The highest BCUT2D eigenvalue weighted by Crippen LogP contribution is 2.19. The molecule has 2 aromatic rings. The van der Waals surface area contributed by atoms with Crippen molar-refractivity contribution in [1.82, 2.24) is 9.97 Å². The molecule has 1 heterocycles. The molecule has 7 heteroatoms. The van der Waals surface area contributed by atoms with Gasteiger partial charge in [-0.3, -0.25) is 4.79 Å². The Morgan fingerprint density at radius 1 is 1.30 bits per heavy atom. The molecule has 0 atom stereocenters. The largest absolute Gasteiger partial charge is 0.321 e. The molecule has 0 aliphatic carbocycles. The van der Waals surface area contributed by atoms with Crippen molar-refractivity contribution in [2.24, 2.45) is 0 Å². The molecule has 4 nitrogen and oxygen atoms in total. The number of rotatable bonds is 3. The third-order valence-corrected chi connectivity index (χ3v) is 2.89. The van der Waals surface area contributed by atoms with E-state index < -0.39 is 18.0 Å². The van der Waals surface area contributed by atoms with Gasteiger partial charge in [-0.15, -0.1) is 0 Å². The van der Waals surface area contributed by atoms with Crippen molar-refractivity contribution in [3.63, 3.8) is 0 Å². The average Bonchev–Trinajstić information content (AvgIpc) is 2.37. The van der Waals surface area contributed by atoms with Crippen LogP contribution < -0.4 is 5.32 Å². The first-order valence-electron chi connectivity index (χ1n) is 5.66. The predicted molar refractivity (Wildman–Crippen MR) is 73.8 cm³/mol. The van der Waals surface area contributed by atoms with Crippen molar-refractivity contribution in [2.75, 3.05) is 5.32 Å². The monoisotopic (exact) mass is 341 g/mol. The minimum absolute atomic E-state index is 0.0900. The Labute approximate surface area is 122 Å². The molecule has 0 unspecified atom stereocenters. The lowest BCUT2D eigenvalue weighted by atomic mass is 10.2. The average molecular weight is 342 g/mol. The van der Waals surface area contributed by atoms with Crippen LogP contribution in [-0.4, -0.2) is 15.9 Å². The summed E-state index contributed by atoms with van der Waals surface area (Å²) >= 11 is 3.27. The Balaban J connectivity index is 2.25. The minimum Gasteiger partial charge on any atom is -0.321 e. The first-order chi connectivity index (χ1) is 9.45. The van der Waals surface area contributed by atoms with Gasteiger partial charge < -0.3 is 5.32 Å². The van der Waals surface area contributed by atoms with Gasteiger partial charge >= 0.3 is 0 Å². The number of hydrogen-bond donors (Lipinski definition) is 1. The van der Waals surface area contributed by atoms with Crippen molar-refractivity contribution in [3.8, 4) is 0 Å². The van der Waals surface area contributed by atoms with Gasteiger partial charge in [0.2, 0.25) is 0 Å². The van der Waals surface area contributed by atoms with Gasteiger partial charge in [0, 0.05) is 10.2 Å². The molecule has 0 fully saturated rings. The van der Waals surface area contributed by atoms with Crippen LogP contribution in [0.2, 0.25) is 0 Å². The number of nitrogens with zero attached hydrogens (tertiary/aromatic N) is 2. The molecule has 0 spiro atoms. The Hall–Kier alpha value is -1.89. The fourth-order valence-corrected chi connectivity index (χ4v) is 1.98. The minimum atomic E-state index is -2.74. The standard InChI is InChI=1S/C13H10BrF2N3O/c1-7-17-10(12(15)16)6-11(18-7)13(20)19-9-4-2-3-8(14)5-9/h2-6,12H,1H3,(H,19,20). The molecule has 2 rings (SSSR count). The number of carbonyl (C=O) groups excluding carboxylic acids is 1. The molecule has 20 heavy (non-hydrogen) atoms. The van der Waals surface area contributed by atoms with Gasteiger partial charge in [-0.25, -0.2) is 18.7 Å². The lowest BCUT2D eigenvalue weighted by molar-refractivity contribution is 0.102. The Morgan fingerprint density at radius 3 is 2.70 bits per heavy atom. The van der Waals surface area contributed by atoms with Crippen molar-refractivity contribution >= 4 is 27.5 Å². The van der Waals surface area contributed by atoms with E-state index in [2.05, 4.69) is 31.2 Å². The number of halogens is 3. The van der Waals surface area contributed by atoms with Gasteiger partial charge in [0.25, 0.3) is 12.3 Å². The van der Waals surface area contributed by atoms with Crippen LogP contribution in [0.5, 0.6) is 0 Å². The first kappa shape index (κ1) is 14.5. The number of aromatic nitrogens is 2. The fraction of sp³-hybridized carbons (Fsp3) is 0.154. The SMILES string of the molecule is Cc1nc(C(=O)Nc2cccc(Br)c2)cc(C(F)F)n1. The number of benzene rings is 1. The van der Waals surface area contributed by atoms with E-state index in [1.165, 1.54) is 6.92 Å². The van der Waals surface area contributed by atoms with Crippen LogP contribution in [0.25, 0.3) is 0 Å². The quantitative estimate of drug-likeness (QED) is 0.925. The van der Waals surface area contributed by atoms with E-state index in [4.69, 9.17) is 0 Å². The van der Waals surface area contributed by atoms with E-state index in [1.54, 1.807) is 24.3 Å². The molecule has 1 aromatic heterocycles. The van der Waals surface area contributed by atoms with Crippen LogP contribution in [0.3, 0.4) is 0 Å². The van der Waals surface area contributed by atoms with Crippen LogP contribution in [-0.2, 0) is 0 Å². The Morgan fingerprint density at radius 2 is 2.05 bits per heavy atom. The topological polar surface area (TPSA) is 54.9 Å². The highest BCUT2D eigenvalue weighted by atomic mass is 79.9. The van der Waals surface area contributed by atoms with Crippen molar-refractivity contribution in [2.45, 2.75) is 13.3 Å². The van der Waals surface area contributed by atoms with E-state index in [1.807, 2.05) is 0 Å². The molecular formula is C13H10BrF2N3O. The molecule has 1 N–H and O–H groups in total. The summed E-state index contributed by atoms with van der Waals surface area (Å²) in [5.74, 6) is -0.433. The maximum absolute atomic E-state index is 12.6. The maximum Gasteiger partial charge on any atom is 0.280 e. The molecule has 0 saturated carbocycles. The smallest absolute Gasteiger partial charge is 0.280 e. The summed E-state index contributed by atoms with van der Waals surface area (Å²) in [4.78, 5) is 19.4. The zero-order valence-corrected chi connectivity index (χ0v) is 12.0. The summed E-state index contributed by atoms with van der Waals surface area (Å²) in [6.45, 7) is 1.46. The fourth-order valence-electron chi connectivity index (χ4n) is 1.58. The summed E-state index contributed by atoms with van der Waals surface area (Å²) in [6.07, 6.45) is -2.74. The van der Waals surface area contributed by atoms with Crippen LogP contribution in [0, 0.1) is 6.92 Å². The Kier molecular flexibility index (Phi) is 4.39. The molecule has 1 aromatic carbocycles. The zero-order valence-electron chi connectivity index (χ0n) is 10.4. The van der Waals surface area contributed by atoms with Crippen molar-refractivity contribution in [1.29, 1.82) is 0 Å². The second-order valence-corrected chi connectivity index (χ2v) is 4.91. The number of hydrogen-bond acceptors (Lipinski definition) is 3. The second-order valence-electron chi connectivity index (χ2n) is 3.99. The van der Waals surface area contributed by atoms with Crippen molar-refractivity contribution in [3.05, 3.63) is 52.0 Å². The normalized spacial score (nSPS) is 10.7. The lowest BCUT2D eigenvalue weighted by Crippen LogP contribution is -2.15. The summed E-state index contributed by atoms with van der Waals surface area (Å²) < 4.78 is 26.1.